The highest BCUT2D eigenvalue weighted by Crippen LogP contribution is 2.31. The molecule has 0 bridgehead atoms. The van der Waals surface area contributed by atoms with Crippen molar-refractivity contribution in [3.8, 4) is 17.1 Å². The van der Waals surface area contributed by atoms with Gasteiger partial charge in [-0.05, 0) is 61.0 Å². The van der Waals surface area contributed by atoms with E-state index in [1.165, 1.54) is 26.4 Å². The first-order chi connectivity index (χ1) is 21.6. The van der Waals surface area contributed by atoms with Gasteiger partial charge in [-0.15, -0.1) is 0 Å². The molecule has 0 radical (unpaired) electrons. The Morgan fingerprint density at radius 1 is 1.07 bits per heavy atom. The fourth-order valence-electron chi connectivity index (χ4n) is 5.39. The molecule has 1 fully saturated rings. The zero-order valence-corrected chi connectivity index (χ0v) is 25.5. The van der Waals surface area contributed by atoms with Crippen molar-refractivity contribution in [2.24, 2.45) is 0 Å². The molecule has 1 aliphatic rings. The van der Waals surface area contributed by atoms with Crippen molar-refractivity contribution in [1.29, 1.82) is 0 Å². The minimum atomic E-state index is -0.399. The Labute approximate surface area is 260 Å². The van der Waals surface area contributed by atoms with E-state index < -0.39 is 5.69 Å². The van der Waals surface area contributed by atoms with Crippen molar-refractivity contribution >= 4 is 28.6 Å². The first kappa shape index (κ1) is 29.8. The molecule has 1 aliphatic carbocycles. The lowest BCUT2D eigenvalue weighted by molar-refractivity contribution is -0.865. The molecule has 0 saturated heterocycles. The number of hydrogen-bond donors (Lipinski definition) is 1. The first-order valence-corrected chi connectivity index (χ1v) is 14.8. The lowest BCUT2D eigenvalue weighted by Crippen LogP contribution is -2.40. The molecule has 5 aromatic rings. The van der Waals surface area contributed by atoms with Crippen LogP contribution in [-0.4, -0.2) is 56.3 Å². The zero-order valence-electron chi connectivity index (χ0n) is 25.5. The van der Waals surface area contributed by atoms with Gasteiger partial charge in [-0.3, -0.25) is 9.36 Å². The summed E-state index contributed by atoms with van der Waals surface area (Å²) in [5.41, 5.74) is 10.4. The maximum Gasteiger partial charge on any atom is 0.339 e. The SMILES string of the molecule is Cc1cccc(COc2ccc(-n3c(=O)n(-c4cccc(N(C)C(=O)/C=C/C[N+](C)([O-])C5CC5)c4)c4ncnc(N)c43)cc2)c1. The predicted molar refractivity (Wildman–Crippen MR) is 174 cm³/mol. The van der Waals surface area contributed by atoms with Gasteiger partial charge in [-0.1, -0.05) is 35.9 Å². The predicted octanol–water partition coefficient (Wildman–Crippen LogP) is 4.67. The van der Waals surface area contributed by atoms with Crippen LogP contribution in [0.5, 0.6) is 5.75 Å². The van der Waals surface area contributed by atoms with Crippen LogP contribution in [0.3, 0.4) is 0 Å². The van der Waals surface area contributed by atoms with Gasteiger partial charge in [0.2, 0.25) is 0 Å². The second-order valence-corrected chi connectivity index (χ2v) is 11.6. The number of likely N-dealkylation sites (N-methyl/N-ethyl adjacent to an activating group) is 2. The first-order valence-electron chi connectivity index (χ1n) is 14.8. The highest BCUT2D eigenvalue weighted by Gasteiger charge is 2.34. The number of anilines is 2. The molecule has 230 valence electrons. The molecule has 11 nitrogen and oxygen atoms in total. The number of nitrogens with two attached hydrogens (primary N) is 1. The molecular formula is C34H35N7O4. The van der Waals surface area contributed by atoms with Crippen molar-refractivity contribution in [2.75, 3.05) is 31.3 Å². The number of ether oxygens (including phenoxy) is 1. The van der Waals surface area contributed by atoms with Gasteiger partial charge in [0.1, 0.15) is 24.2 Å². The largest absolute Gasteiger partial charge is 0.633 e. The molecule has 2 N–H and O–H groups in total. The lowest BCUT2D eigenvalue weighted by atomic mass is 10.1. The number of carbonyl (C=O) groups is 1. The van der Waals surface area contributed by atoms with Crippen LogP contribution >= 0.6 is 0 Å². The quantitative estimate of drug-likeness (QED) is 0.139. The number of aryl methyl sites for hydroxylation is 1. The summed E-state index contributed by atoms with van der Waals surface area (Å²) >= 11 is 0. The summed E-state index contributed by atoms with van der Waals surface area (Å²) in [6.45, 7) is 2.69. The molecule has 45 heavy (non-hydrogen) atoms. The number of rotatable bonds is 10. The van der Waals surface area contributed by atoms with Gasteiger partial charge in [0.05, 0.1) is 31.0 Å². The Morgan fingerprint density at radius 2 is 1.82 bits per heavy atom. The van der Waals surface area contributed by atoms with Crippen molar-refractivity contribution < 1.29 is 14.2 Å². The summed E-state index contributed by atoms with van der Waals surface area (Å²) in [7, 11) is 3.28. The maximum atomic E-state index is 14.0. The summed E-state index contributed by atoms with van der Waals surface area (Å²) in [6.07, 6.45) is 6.22. The van der Waals surface area contributed by atoms with E-state index in [-0.39, 0.29) is 29.0 Å². The van der Waals surface area contributed by atoms with Crippen LogP contribution in [0.2, 0.25) is 0 Å². The van der Waals surface area contributed by atoms with Crippen LogP contribution in [0, 0.1) is 12.1 Å². The average molecular weight is 606 g/mol. The van der Waals surface area contributed by atoms with Crippen molar-refractivity contribution in [3.63, 3.8) is 0 Å². The third-order valence-electron chi connectivity index (χ3n) is 8.09. The summed E-state index contributed by atoms with van der Waals surface area (Å²) < 4.78 is 8.51. The molecule has 1 amide bonds. The molecule has 0 spiro atoms. The summed E-state index contributed by atoms with van der Waals surface area (Å²) in [5.74, 6) is 0.523. The zero-order chi connectivity index (χ0) is 31.7. The minimum Gasteiger partial charge on any atom is -0.633 e. The van der Waals surface area contributed by atoms with Crippen LogP contribution in [0.4, 0.5) is 11.5 Å². The average Bonchev–Trinajstić information content (AvgIpc) is 3.85. The monoisotopic (exact) mass is 605 g/mol. The smallest absolute Gasteiger partial charge is 0.339 e. The van der Waals surface area contributed by atoms with Gasteiger partial charge < -0.3 is 25.2 Å². The van der Waals surface area contributed by atoms with Gasteiger partial charge in [0.25, 0.3) is 5.91 Å². The molecular weight excluding hydrogens is 570 g/mol. The summed E-state index contributed by atoms with van der Waals surface area (Å²) in [4.78, 5) is 37.0. The Kier molecular flexibility index (Phi) is 7.96. The number of quaternary nitrogens is 1. The number of fused-ring (bicyclic) bond motifs is 1. The summed E-state index contributed by atoms with van der Waals surface area (Å²) in [5, 5.41) is 12.6. The number of aromatic nitrogens is 4. The second kappa shape index (κ2) is 12.0. The third-order valence-corrected chi connectivity index (χ3v) is 8.09. The van der Waals surface area contributed by atoms with Crippen LogP contribution in [-0.2, 0) is 11.4 Å². The number of carbonyl (C=O) groups excluding carboxylic acids is 1. The van der Waals surface area contributed by atoms with E-state index in [0.29, 0.717) is 40.6 Å². The molecule has 11 heteroatoms. The standard InChI is InChI=1S/C34H35N7O4/c1-23-7-4-8-24(19-23)21-45-29-16-12-25(13-17-29)39-31-32(35)36-22-37-33(31)40(34(39)43)27-10-5-9-26(20-27)38(2)30(42)11-6-18-41(3,44)28-14-15-28/h4-13,16-17,19-20,22,28H,14-15,18,21H2,1-3H3,(H2,35,36,37)/b11-6+. The molecule has 1 saturated carbocycles. The molecule has 1 atom stereocenters. The molecule has 3 aromatic carbocycles. The number of nitrogens with zero attached hydrogens (tertiary/aromatic N) is 6. The topological polar surface area (TPSA) is 131 Å². The third kappa shape index (κ3) is 6.21. The van der Waals surface area contributed by atoms with Crippen LogP contribution in [0.15, 0.2) is 96.1 Å². The van der Waals surface area contributed by atoms with Gasteiger partial charge >= 0.3 is 5.69 Å². The number of nitrogen functional groups attached to an aromatic ring is 1. The molecule has 2 aromatic heterocycles. The van der Waals surface area contributed by atoms with Crippen LogP contribution in [0.25, 0.3) is 22.5 Å². The van der Waals surface area contributed by atoms with Crippen molar-refractivity contribution in [3.05, 3.63) is 118 Å². The Hall–Kier alpha value is -5.26. The number of imidazole rings is 1. The second-order valence-electron chi connectivity index (χ2n) is 11.6. The fraction of sp³-hybridized carbons (Fsp3) is 0.235. The van der Waals surface area contributed by atoms with E-state index in [1.807, 2.05) is 25.1 Å². The van der Waals surface area contributed by atoms with Crippen LogP contribution in [0.1, 0.15) is 24.0 Å². The van der Waals surface area contributed by atoms with E-state index in [2.05, 4.69) is 16.0 Å². The molecule has 1 unspecified atom stereocenters. The van der Waals surface area contributed by atoms with Gasteiger partial charge in [0.15, 0.2) is 11.5 Å². The Balaban J connectivity index is 1.28. The highest BCUT2D eigenvalue weighted by molar-refractivity contribution is 6.01. The summed E-state index contributed by atoms with van der Waals surface area (Å²) in [6, 6.07) is 22.4. The fourth-order valence-corrected chi connectivity index (χ4v) is 5.39. The van der Waals surface area contributed by atoms with Crippen molar-refractivity contribution in [2.45, 2.75) is 32.4 Å². The number of hydrogen-bond acceptors (Lipinski definition) is 7. The molecule has 2 heterocycles. The van der Waals surface area contributed by atoms with Gasteiger partial charge in [-0.2, -0.15) is 0 Å². The molecule has 6 rings (SSSR count). The van der Waals surface area contributed by atoms with E-state index in [1.54, 1.807) is 68.7 Å². The number of amides is 1. The van der Waals surface area contributed by atoms with E-state index in [9.17, 15) is 14.8 Å². The highest BCUT2D eigenvalue weighted by atomic mass is 16.5. The van der Waals surface area contributed by atoms with Gasteiger partial charge in [-0.25, -0.2) is 19.3 Å². The van der Waals surface area contributed by atoms with E-state index in [4.69, 9.17) is 10.5 Å². The number of hydroxylamine groups is 3. The number of benzene rings is 3. The van der Waals surface area contributed by atoms with E-state index in [0.717, 1.165) is 24.0 Å². The maximum absolute atomic E-state index is 14.0. The molecule has 0 aliphatic heterocycles. The normalized spacial score (nSPS) is 14.5. The Bertz CT molecular complexity index is 1960. The Morgan fingerprint density at radius 3 is 2.56 bits per heavy atom. The lowest BCUT2D eigenvalue weighted by Gasteiger charge is -2.38. The van der Waals surface area contributed by atoms with Crippen molar-refractivity contribution in [1.82, 2.24) is 19.1 Å². The van der Waals surface area contributed by atoms with Gasteiger partial charge in [0, 0.05) is 31.7 Å². The van der Waals surface area contributed by atoms with Crippen LogP contribution < -0.4 is 21.1 Å². The minimum absolute atomic E-state index is 0.118. The van der Waals surface area contributed by atoms with E-state index >= 15 is 0 Å².